The van der Waals surface area contributed by atoms with E-state index in [2.05, 4.69) is 5.32 Å². The second-order valence-electron chi connectivity index (χ2n) is 5.01. The van der Waals surface area contributed by atoms with Crippen molar-refractivity contribution in [1.29, 1.82) is 0 Å². The summed E-state index contributed by atoms with van der Waals surface area (Å²) in [6.07, 6.45) is 2.85. The molecule has 0 aliphatic rings. The van der Waals surface area contributed by atoms with Crippen molar-refractivity contribution in [3.8, 4) is 0 Å². The topological polar surface area (TPSA) is 55.4 Å². The maximum Gasteiger partial charge on any atom is 0.331 e. The summed E-state index contributed by atoms with van der Waals surface area (Å²) in [5.74, 6) is -0.148. The third kappa shape index (κ3) is 7.92. The summed E-state index contributed by atoms with van der Waals surface area (Å²) in [6.45, 7) is 0.211. The number of amides is 1. The van der Waals surface area contributed by atoms with Gasteiger partial charge in [-0.05, 0) is 35.9 Å². The summed E-state index contributed by atoms with van der Waals surface area (Å²) in [6, 6.07) is 17.0. The Morgan fingerprint density at radius 1 is 1.12 bits per heavy atom. The SMILES string of the molecule is O=C(COC(=O)/C=C/c1cccc(Cl)c1)NCCSc1ccccc1. The lowest BCUT2D eigenvalue weighted by Crippen LogP contribution is -2.30. The van der Waals surface area contributed by atoms with Crippen molar-refractivity contribution >= 4 is 41.3 Å². The summed E-state index contributed by atoms with van der Waals surface area (Å²) in [4.78, 5) is 24.4. The Morgan fingerprint density at radius 3 is 2.68 bits per heavy atom. The summed E-state index contributed by atoms with van der Waals surface area (Å²) >= 11 is 7.51. The number of thioether (sulfide) groups is 1. The normalized spacial score (nSPS) is 10.6. The van der Waals surface area contributed by atoms with E-state index in [0.29, 0.717) is 11.6 Å². The second kappa shape index (κ2) is 10.6. The minimum absolute atomic E-state index is 0.297. The second-order valence-corrected chi connectivity index (χ2v) is 6.61. The maximum atomic E-state index is 11.6. The molecule has 0 aromatic heterocycles. The third-order valence-electron chi connectivity index (χ3n) is 3.04. The highest BCUT2D eigenvalue weighted by molar-refractivity contribution is 7.99. The fourth-order valence-corrected chi connectivity index (χ4v) is 2.87. The molecule has 130 valence electrons. The molecule has 0 saturated heterocycles. The Labute approximate surface area is 156 Å². The smallest absolute Gasteiger partial charge is 0.331 e. The van der Waals surface area contributed by atoms with Crippen molar-refractivity contribution in [1.82, 2.24) is 5.32 Å². The zero-order valence-corrected chi connectivity index (χ0v) is 15.1. The van der Waals surface area contributed by atoms with Gasteiger partial charge in [-0.2, -0.15) is 0 Å². The number of hydrogen-bond acceptors (Lipinski definition) is 4. The number of ether oxygens (including phenoxy) is 1. The summed E-state index contributed by atoms with van der Waals surface area (Å²) in [7, 11) is 0. The molecule has 0 fully saturated rings. The molecule has 0 atom stereocenters. The van der Waals surface area contributed by atoms with Crippen LogP contribution >= 0.6 is 23.4 Å². The van der Waals surface area contributed by atoms with Gasteiger partial charge in [0, 0.05) is 28.3 Å². The first kappa shape index (κ1) is 19.1. The van der Waals surface area contributed by atoms with Crippen LogP contribution in [0.15, 0.2) is 65.6 Å². The van der Waals surface area contributed by atoms with E-state index in [9.17, 15) is 9.59 Å². The lowest BCUT2D eigenvalue weighted by Gasteiger charge is -2.05. The molecule has 0 radical (unpaired) electrons. The van der Waals surface area contributed by atoms with Gasteiger partial charge in [-0.25, -0.2) is 4.79 Å². The van der Waals surface area contributed by atoms with Gasteiger partial charge >= 0.3 is 5.97 Å². The lowest BCUT2D eigenvalue weighted by atomic mass is 10.2. The fraction of sp³-hybridized carbons (Fsp3) is 0.158. The monoisotopic (exact) mass is 375 g/mol. The van der Waals surface area contributed by atoms with E-state index in [-0.39, 0.29) is 12.5 Å². The number of rotatable bonds is 8. The van der Waals surface area contributed by atoms with Gasteiger partial charge in [0.1, 0.15) is 0 Å². The Kier molecular flexibility index (Phi) is 8.09. The largest absolute Gasteiger partial charge is 0.452 e. The Morgan fingerprint density at radius 2 is 1.92 bits per heavy atom. The minimum atomic E-state index is -0.575. The van der Waals surface area contributed by atoms with Crippen molar-refractivity contribution in [2.24, 2.45) is 0 Å². The van der Waals surface area contributed by atoms with Crippen LogP contribution in [-0.2, 0) is 14.3 Å². The molecular weight excluding hydrogens is 358 g/mol. The van der Waals surface area contributed by atoms with Gasteiger partial charge in [-0.15, -0.1) is 11.8 Å². The zero-order chi connectivity index (χ0) is 17.9. The Balaban J connectivity index is 1.61. The molecule has 2 aromatic carbocycles. The van der Waals surface area contributed by atoms with E-state index in [4.69, 9.17) is 16.3 Å². The summed E-state index contributed by atoms with van der Waals surface area (Å²) in [5.41, 5.74) is 0.784. The molecule has 0 spiro atoms. The van der Waals surface area contributed by atoms with Gasteiger partial charge in [0.25, 0.3) is 5.91 Å². The maximum absolute atomic E-state index is 11.6. The van der Waals surface area contributed by atoms with E-state index in [1.54, 1.807) is 36.0 Å². The van der Waals surface area contributed by atoms with Crippen LogP contribution in [0.2, 0.25) is 5.02 Å². The molecule has 1 N–H and O–H groups in total. The number of esters is 1. The predicted octanol–water partition coefficient (Wildman–Crippen LogP) is 3.80. The van der Waals surface area contributed by atoms with Crippen LogP contribution in [0.1, 0.15) is 5.56 Å². The summed E-state index contributed by atoms with van der Waals surface area (Å²) in [5, 5.41) is 3.30. The van der Waals surface area contributed by atoms with Crippen molar-refractivity contribution in [3.05, 3.63) is 71.3 Å². The molecule has 0 aliphatic heterocycles. The van der Waals surface area contributed by atoms with E-state index in [0.717, 1.165) is 16.2 Å². The first-order chi connectivity index (χ1) is 12.1. The highest BCUT2D eigenvalue weighted by atomic mass is 35.5. The van der Waals surface area contributed by atoms with E-state index in [1.165, 1.54) is 6.08 Å². The molecule has 0 aliphatic carbocycles. The first-order valence-electron chi connectivity index (χ1n) is 7.68. The molecule has 6 heteroatoms. The van der Waals surface area contributed by atoms with Crippen LogP contribution in [0.3, 0.4) is 0 Å². The van der Waals surface area contributed by atoms with E-state index >= 15 is 0 Å². The standard InChI is InChI=1S/C19H18ClNO3S/c20-16-6-4-5-15(13-16)9-10-19(23)24-14-18(22)21-11-12-25-17-7-2-1-3-8-17/h1-10,13H,11-12,14H2,(H,21,22)/b10-9+. The van der Waals surface area contributed by atoms with Crippen LogP contribution in [0.4, 0.5) is 0 Å². The average Bonchev–Trinajstić information content (AvgIpc) is 2.63. The molecule has 0 saturated carbocycles. The van der Waals surface area contributed by atoms with Crippen molar-refractivity contribution < 1.29 is 14.3 Å². The molecule has 25 heavy (non-hydrogen) atoms. The molecule has 4 nitrogen and oxygen atoms in total. The van der Waals surface area contributed by atoms with Gasteiger partial charge in [0.05, 0.1) is 0 Å². The average molecular weight is 376 g/mol. The van der Waals surface area contributed by atoms with Crippen LogP contribution in [-0.4, -0.2) is 30.8 Å². The molecule has 1 amide bonds. The Bertz CT molecular complexity index is 734. The van der Waals surface area contributed by atoms with Crippen LogP contribution in [0, 0.1) is 0 Å². The number of carbonyl (C=O) groups excluding carboxylic acids is 2. The summed E-state index contributed by atoms with van der Waals surface area (Å²) < 4.78 is 4.89. The molecule has 0 bridgehead atoms. The van der Waals surface area contributed by atoms with Gasteiger partial charge < -0.3 is 10.1 Å². The molecule has 0 unspecified atom stereocenters. The van der Waals surface area contributed by atoms with Gasteiger partial charge in [0.2, 0.25) is 0 Å². The zero-order valence-electron chi connectivity index (χ0n) is 13.5. The number of carbonyl (C=O) groups is 2. The fourth-order valence-electron chi connectivity index (χ4n) is 1.89. The van der Waals surface area contributed by atoms with Gasteiger partial charge in [0.15, 0.2) is 6.61 Å². The highest BCUT2D eigenvalue weighted by Crippen LogP contribution is 2.15. The molecule has 0 heterocycles. The third-order valence-corrected chi connectivity index (χ3v) is 4.29. The lowest BCUT2D eigenvalue weighted by molar-refractivity contribution is -0.143. The van der Waals surface area contributed by atoms with Gasteiger partial charge in [-0.3, -0.25) is 4.79 Å². The van der Waals surface area contributed by atoms with Crippen LogP contribution in [0.5, 0.6) is 0 Å². The molecule has 2 aromatic rings. The van der Waals surface area contributed by atoms with Crippen molar-refractivity contribution in [3.63, 3.8) is 0 Å². The number of nitrogens with one attached hydrogen (secondary N) is 1. The first-order valence-corrected chi connectivity index (χ1v) is 9.05. The molecule has 2 rings (SSSR count). The van der Waals surface area contributed by atoms with Crippen LogP contribution in [0.25, 0.3) is 6.08 Å². The number of halogens is 1. The van der Waals surface area contributed by atoms with Crippen LogP contribution < -0.4 is 5.32 Å². The highest BCUT2D eigenvalue weighted by Gasteiger charge is 2.04. The predicted molar refractivity (Wildman–Crippen MR) is 102 cm³/mol. The van der Waals surface area contributed by atoms with Crippen molar-refractivity contribution in [2.75, 3.05) is 18.9 Å². The molecular formula is C19H18ClNO3S. The van der Waals surface area contributed by atoms with Gasteiger partial charge in [-0.1, -0.05) is 41.9 Å². The number of benzene rings is 2. The Hall–Kier alpha value is -2.24. The quantitative estimate of drug-likeness (QED) is 0.330. The van der Waals surface area contributed by atoms with Crippen molar-refractivity contribution in [2.45, 2.75) is 4.90 Å². The van der Waals surface area contributed by atoms with E-state index in [1.807, 2.05) is 36.4 Å². The minimum Gasteiger partial charge on any atom is -0.452 e. The number of hydrogen-bond donors (Lipinski definition) is 1. The van der Waals surface area contributed by atoms with E-state index < -0.39 is 5.97 Å².